The Morgan fingerprint density at radius 1 is 1.29 bits per heavy atom. The minimum absolute atomic E-state index is 0.0845. The van der Waals surface area contributed by atoms with E-state index in [-0.39, 0.29) is 11.5 Å². The molecule has 0 aliphatic heterocycles. The number of benzene rings is 1. The minimum Gasteiger partial charge on any atom is -0.332 e. The summed E-state index contributed by atoms with van der Waals surface area (Å²) in [6.45, 7) is 1.37. The summed E-state index contributed by atoms with van der Waals surface area (Å²) >= 11 is 12.2. The van der Waals surface area contributed by atoms with Gasteiger partial charge in [-0.05, 0) is 31.2 Å². The minimum atomic E-state index is -1.59. The van der Waals surface area contributed by atoms with Crippen LogP contribution in [0.25, 0.3) is 0 Å². The second-order valence-electron chi connectivity index (χ2n) is 5.59. The Morgan fingerprint density at radius 2 is 1.96 bits per heavy atom. The van der Waals surface area contributed by atoms with Gasteiger partial charge >= 0.3 is 0 Å². The number of rotatable bonds is 5. The maximum atomic E-state index is 13.4. The lowest BCUT2D eigenvalue weighted by Crippen LogP contribution is -2.57. The summed E-state index contributed by atoms with van der Waals surface area (Å²) in [5.41, 5.74) is 0.216. The van der Waals surface area contributed by atoms with Gasteiger partial charge in [0, 0.05) is 17.8 Å². The Bertz CT molecular complexity index is 892. The number of nitrogens with zero attached hydrogens (tertiary/aromatic N) is 3. The van der Waals surface area contributed by atoms with Crippen molar-refractivity contribution in [3.63, 3.8) is 0 Å². The maximum Gasteiger partial charge on any atom is 0.253 e. The van der Waals surface area contributed by atoms with Gasteiger partial charge in [-0.1, -0.05) is 23.2 Å². The Kier molecular flexibility index (Phi) is 7.09. The number of aromatic nitrogens is 1. The van der Waals surface area contributed by atoms with Gasteiger partial charge in [0.1, 0.15) is 17.8 Å². The molecule has 2 aromatic rings. The highest BCUT2D eigenvalue weighted by Crippen LogP contribution is 2.23. The third-order valence-electron chi connectivity index (χ3n) is 3.27. The van der Waals surface area contributed by atoms with Crippen molar-refractivity contribution in [3.05, 3.63) is 59.9 Å². The van der Waals surface area contributed by atoms with Crippen LogP contribution >= 0.6 is 23.2 Å². The molecule has 0 spiro atoms. The first-order valence-corrected chi connectivity index (χ1v) is 8.50. The van der Waals surface area contributed by atoms with E-state index >= 15 is 0 Å². The molecular formula is C17H14Cl2F2N6O. The molecule has 1 heterocycles. The molecule has 1 aromatic carbocycles. The summed E-state index contributed by atoms with van der Waals surface area (Å²) in [5.74, 6) is -2.77. The molecule has 3 N–H and O–H groups in total. The van der Waals surface area contributed by atoms with Gasteiger partial charge in [0.25, 0.3) is 5.91 Å². The normalized spacial score (nSPS) is 12.6. The SMILES string of the molecule is CC(Cl)(Cl)C(NC(=O)c1cc(F)cc(F)c1)N/C(=N/C#N)Nc1cccnc1. The number of hydrogen-bond acceptors (Lipinski definition) is 4. The first kappa shape index (κ1) is 21.3. The maximum absolute atomic E-state index is 13.4. The molecule has 2 rings (SSSR count). The molecule has 0 fully saturated rings. The first-order valence-electron chi connectivity index (χ1n) is 7.74. The first-order chi connectivity index (χ1) is 13.2. The fraction of sp³-hybridized carbons (Fsp3) is 0.176. The summed E-state index contributed by atoms with van der Waals surface area (Å²) in [7, 11) is 0. The van der Waals surface area contributed by atoms with Crippen molar-refractivity contribution in [1.29, 1.82) is 5.26 Å². The lowest BCUT2D eigenvalue weighted by atomic mass is 10.2. The lowest BCUT2D eigenvalue weighted by molar-refractivity contribution is 0.0930. The van der Waals surface area contributed by atoms with Crippen molar-refractivity contribution >= 4 is 40.8 Å². The molecular weight excluding hydrogens is 413 g/mol. The Morgan fingerprint density at radius 3 is 2.50 bits per heavy atom. The molecule has 1 amide bonds. The molecule has 0 aliphatic rings. The van der Waals surface area contributed by atoms with Crippen LogP contribution in [-0.4, -0.2) is 27.3 Å². The van der Waals surface area contributed by atoms with Gasteiger partial charge in [-0.15, -0.1) is 4.99 Å². The summed E-state index contributed by atoms with van der Waals surface area (Å²) in [4.78, 5) is 19.8. The van der Waals surface area contributed by atoms with Gasteiger partial charge in [-0.2, -0.15) is 5.26 Å². The fourth-order valence-electron chi connectivity index (χ4n) is 2.05. The fourth-order valence-corrected chi connectivity index (χ4v) is 2.26. The van der Waals surface area contributed by atoms with Gasteiger partial charge in [0.05, 0.1) is 11.9 Å². The van der Waals surface area contributed by atoms with Crippen LogP contribution in [0.15, 0.2) is 47.7 Å². The Hall–Kier alpha value is -2.96. The Labute approximate surface area is 169 Å². The van der Waals surface area contributed by atoms with Gasteiger partial charge in [-0.25, -0.2) is 8.78 Å². The van der Waals surface area contributed by atoms with Crippen molar-refractivity contribution in [2.24, 2.45) is 4.99 Å². The number of aliphatic imine (C=N–C) groups is 1. The van der Waals surface area contributed by atoms with Gasteiger partial charge in [-0.3, -0.25) is 9.78 Å². The van der Waals surface area contributed by atoms with Crippen LogP contribution in [0.2, 0.25) is 0 Å². The van der Waals surface area contributed by atoms with Crippen LogP contribution in [0, 0.1) is 23.1 Å². The Balaban J connectivity index is 2.21. The van der Waals surface area contributed by atoms with E-state index < -0.39 is 28.0 Å². The van der Waals surface area contributed by atoms with Crippen LogP contribution in [0.3, 0.4) is 0 Å². The van der Waals surface area contributed by atoms with E-state index in [9.17, 15) is 13.6 Å². The largest absolute Gasteiger partial charge is 0.332 e. The number of halogens is 4. The van der Waals surface area contributed by atoms with E-state index in [1.54, 1.807) is 24.5 Å². The zero-order chi connectivity index (χ0) is 20.7. The molecule has 0 saturated heterocycles. The van der Waals surface area contributed by atoms with Crippen molar-refractivity contribution in [2.75, 3.05) is 5.32 Å². The van der Waals surface area contributed by atoms with Gasteiger partial charge in [0.15, 0.2) is 4.33 Å². The van der Waals surface area contributed by atoms with Crippen molar-refractivity contribution in [1.82, 2.24) is 15.6 Å². The quantitative estimate of drug-likeness (QED) is 0.224. The molecule has 1 atom stereocenters. The van der Waals surface area contributed by atoms with E-state index in [2.05, 4.69) is 25.9 Å². The molecule has 0 aliphatic carbocycles. The molecule has 146 valence electrons. The number of hydrogen-bond donors (Lipinski definition) is 3. The third kappa shape index (κ3) is 6.33. The zero-order valence-corrected chi connectivity index (χ0v) is 15.9. The lowest BCUT2D eigenvalue weighted by Gasteiger charge is -2.29. The number of guanidine groups is 1. The number of amides is 1. The number of pyridine rings is 1. The number of alkyl halides is 2. The molecule has 28 heavy (non-hydrogen) atoms. The highest BCUT2D eigenvalue weighted by atomic mass is 35.5. The predicted molar refractivity (Wildman–Crippen MR) is 102 cm³/mol. The highest BCUT2D eigenvalue weighted by molar-refractivity contribution is 6.48. The topological polar surface area (TPSA) is 102 Å². The summed E-state index contributed by atoms with van der Waals surface area (Å²) < 4.78 is 25.1. The number of carbonyl (C=O) groups excluding carboxylic acids is 1. The summed E-state index contributed by atoms with van der Waals surface area (Å²) in [6.07, 6.45) is 3.42. The summed E-state index contributed by atoms with van der Waals surface area (Å²) in [5, 5.41) is 16.7. The van der Waals surface area contributed by atoms with E-state index in [1.807, 2.05) is 0 Å². The molecule has 11 heteroatoms. The molecule has 0 radical (unpaired) electrons. The van der Waals surface area contributed by atoms with Gasteiger partial charge in [0.2, 0.25) is 12.2 Å². The van der Waals surface area contributed by atoms with Crippen molar-refractivity contribution in [2.45, 2.75) is 17.4 Å². The summed E-state index contributed by atoms with van der Waals surface area (Å²) in [6, 6.07) is 5.65. The number of carbonyl (C=O) groups is 1. The average molecular weight is 427 g/mol. The number of nitrogens with one attached hydrogen (secondary N) is 3. The van der Waals surface area contributed by atoms with Crippen molar-refractivity contribution in [3.8, 4) is 6.19 Å². The van der Waals surface area contributed by atoms with E-state index in [0.29, 0.717) is 11.8 Å². The molecule has 7 nitrogen and oxygen atoms in total. The van der Waals surface area contributed by atoms with Crippen LogP contribution < -0.4 is 16.0 Å². The average Bonchev–Trinajstić information content (AvgIpc) is 2.60. The van der Waals surface area contributed by atoms with E-state index in [4.69, 9.17) is 28.5 Å². The third-order valence-corrected chi connectivity index (χ3v) is 3.71. The zero-order valence-electron chi connectivity index (χ0n) is 14.4. The molecule has 1 unspecified atom stereocenters. The van der Waals surface area contributed by atoms with Crippen LogP contribution in [0.4, 0.5) is 14.5 Å². The second kappa shape index (κ2) is 9.30. The van der Waals surface area contributed by atoms with Crippen LogP contribution in [0.5, 0.6) is 0 Å². The number of anilines is 1. The predicted octanol–water partition coefficient (Wildman–Crippen LogP) is 3.15. The highest BCUT2D eigenvalue weighted by Gasteiger charge is 2.32. The van der Waals surface area contributed by atoms with E-state index in [0.717, 1.165) is 12.1 Å². The van der Waals surface area contributed by atoms with Gasteiger partial charge < -0.3 is 16.0 Å². The smallest absolute Gasteiger partial charge is 0.253 e. The monoisotopic (exact) mass is 426 g/mol. The molecule has 0 saturated carbocycles. The van der Waals surface area contributed by atoms with Crippen LogP contribution in [0.1, 0.15) is 17.3 Å². The second-order valence-corrected chi connectivity index (χ2v) is 7.36. The van der Waals surface area contributed by atoms with E-state index in [1.165, 1.54) is 13.1 Å². The van der Waals surface area contributed by atoms with Crippen molar-refractivity contribution < 1.29 is 13.6 Å². The number of nitriles is 1. The molecule has 1 aromatic heterocycles. The van der Waals surface area contributed by atoms with Crippen LogP contribution in [-0.2, 0) is 0 Å². The standard InChI is InChI=1S/C17H14Cl2F2N6O/c1-17(18,19)15(26-14(28)10-5-11(20)7-12(21)6-10)27-16(24-9-22)25-13-3-2-4-23-8-13/h2-8,15H,1H3,(H,26,28)(H2,24,25,27). The molecule has 0 bridgehead atoms.